The number of aromatic nitrogens is 3. The van der Waals surface area contributed by atoms with Crippen LogP contribution in [0.4, 0.5) is 0 Å². The van der Waals surface area contributed by atoms with Crippen molar-refractivity contribution in [2.24, 2.45) is 0 Å². The van der Waals surface area contributed by atoms with Gasteiger partial charge in [0, 0.05) is 38.2 Å². The lowest BCUT2D eigenvalue weighted by molar-refractivity contribution is 0.668. The summed E-state index contributed by atoms with van der Waals surface area (Å²) in [7, 11) is 0. The number of hydrogen-bond acceptors (Lipinski definition) is 5. The van der Waals surface area contributed by atoms with E-state index in [0.717, 1.165) is 87.9 Å². The van der Waals surface area contributed by atoms with Crippen LogP contribution in [0.2, 0.25) is 0 Å². The van der Waals surface area contributed by atoms with Gasteiger partial charge in [-0.3, -0.25) is 0 Å². The zero-order chi connectivity index (χ0) is 34.2. The van der Waals surface area contributed by atoms with Crippen LogP contribution in [0.3, 0.4) is 0 Å². The minimum Gasteiger partial charge on any atom is -0.456 e. The van der Waals surface area contributed by atoms with Crippen LogP contribution < -0.4 is 0 Å². The van der Waals surface area contributed by atoms with Crippen LogP contribution >= 0.6 is 0 Å². The van der Waals surface area contributed by atoms with Gasteiger partial charge < -0.3 is 8.83 Å². The van der Waals surface area contributed by atoms with E-state index in [1.807, 2.05) is 66.7 Å². The van der Waals surface area contributed by atoms with Crippen molar-refractivity contribution in [2.45, 2.75) is 0 Å². The molecular weight excluding hydrogens is 639 g/mol. The summed E-state index contributed by atoms with van der Waals surface area (Å²) < 4.78 is 12.7. The van der Waals surface area contributed by atoms with Crippen molar-refractivity contribution in [3.63, 3.8) is 0 Å². The van der Waals surface area contributed by atoms with Gasteiger partial charge in [-0.25, -0.2) is 15.0 Å². The average Bonchev–Trinajstić information content (AvgIpc) is 3.78. The Kier molecular flexibility index (Phi) is 6.18. The first-order chi connectivity index (χ1) is 25.8. The summed E-state index contributed by atoms with van der Waals surface area (Å²) in [4.78, 5) is 15.9. The molecule has 5 nitrogen and oxygen atoms in total. The van der Waals surface area contributed by atoms with Gasteiger partial charge >= 0.3 is 0 Å². The Morgan fingerprint density at radius 2 is 0.923 bits per heavy atom. The molecule has 11 aromatic rings. The van der Waals surface area contributed by atoms with E-state index in [1.165, 1.54) is 5.39 Å². The van der Waals surface area contributed by atoms with Gasteiger partial charge in [0.05, 0.1) is 0 Å². The van der Waals surface area contributed by atoms with Crippen LogP contribution in [0.1, 0.15) is 0 Å². The van der Waals surface area contributed by atoms with Gasteiger partial charge in [0.25, 0.3) is 0 Å². The fourth-order valence-corrected chi connectivity index (χ4v) is 7.75. The lowest BCUT2D eigenvalue weighted by atomic mass is 9.93. The third-order valence-corrected chi connectivity index (χ3v) is 10.1. The molecule has 0 saturated carbocycles. The predicted molar refractivity (Wildman–Crippen MR) is 211 cm³/mol. The summed E-state index contributed by atoms with van der Waals surface area (Å²) in [6.45, 7) is 0. The zero-order valence-electron chi connectivity index (χ0n) is 27.7. The SMILES string of the molecule is c1ccc(-c2nc(-c3cc4ccccc4c4ccccc34)nc(-c3c(-c4ccc5oc6ccccc6c5c4)ccc4oc5ccccc5c34)n2)cc1. The van der Waals surface area contributed by atoms with E-state index in [2.05, 4.69) is 97.1 Å². The Bertz CT molecular complexity index is 3190. The fraction of sp³-hybridized carbons (Fsp3) is 0. The van der Waals surface area contributed by atoms with E-state index in [-0.39, 0.29) is 0 Å². The molecule has 11 rings (SSSR count). The van der Waals surface area contributed by atoms with E-state index in [9.17, 15) is 0 Å². The Morgan fingerprint density at radius 3 is 1.77 bits per heavy atom. The van der Waals surface area contributed by atoms with Gasteiger partial charge in [-0.05, 0) is 75.1 Å². The summed E-state index contributed by atoms with van der Waals surface area (Å²) in [6, 6.07) is 56.2. The van der Waals surface area contributed by atoms with E-state index >= 15 is 0 Å². The molecule has 5 heteroatoms. The highest BCUT2D eigenvalue weighted by atomic mass is 16.3. The molecular formula is C47H27N3O2. The number of hydrogen-bond donors (Lipinski definition) is 0. The number of rotatable bonds is 4. The summed E-state index contributed by atoms with van der Waals surface area (Å²) in [5.41, 5.74) is 8.06. The Balaban J connectivity index is 1.26. The molecule has 8 aromatic carbocycles. The summed E-state index contributed by atoms with van der Waals surface area (Å²) >= 11 is 0. The second-order valence-electron chi connectivity index (χ2n) is 13.1. The van der Waals surface area contributed by atoms with Crippen LogP contribution in [0.15, 0.2) is 173 Å². The molecule has 0 bridgehead atoms. The number of fused-ring (bicyclic) bond motifs is 9. The highest BCUT2D eigenvalue weighted by molar-refractivity contribution is 6.17. The Hall–Kier alpha value is -7.11. The highest BCUT2D eigenvalue weighted by Gasteiger charge is 2.23. The molecule has 0 aliphatic carbocycles. The summed E-state index contributed by atoms with van der Waals surface area (Å²) in [5, 5.41) is 8.66. The van der Waals surface area contributed by atoms with Crippen LogP contribution in [0, 0.1) is 0 Å². The van der Waals surface area contributed by atoms with Crippen LogP contribution in [-0.4, -0.2) is 15.0 Å². The predicted octanol–water partition coefficient (Wildman–Crippen LogP) is 12.6. The van der Waals surface area contributed by atoms with Crippen molar-refractivity contribution in [1.29, 1.82) is 0 Å². The molecule has 3 heterocycles. The first kappa shape index (κ1) is 28.7. The number of furan rings is 2. The molecule has 0 aliphatic rings. The minimum atomic E-state index is 0.574. The Morgan fingerprint density at radius 1 is 0.327 bits per heavy atom. The molecule has 3 aromatic heterocycles. The lowest BCUT2D eigenvalue weighted by Gasteiger charge is -2.15. The first-order valence-electron chi connectivity index (χ1n) is 17.4. The second kappa shape index (κ2) is 11.2. The van der Waals surface area contributed by atoms with Gasteiger partial charge in [-0.15, -0.1) is 0 Å². The highest BCUT2D eigenvalue weighted by Crippen LogP contribution is 2.44. The smallest absolute Gasteiger partial charge is 0.165 e. The fourth-order valence-electron chi connectivity index (χ4n) is 7.75. The van der Waals surface area contributed by atoms with E-state index < -0.39 is 0 Å². The van der Waals surface area contributed by atoms with Crippen molar-refractivity contribution in [2.75, 3.05) is 0 Å². The number of para-hydroxylation sites is 2. The minimum absolute atomic E-state index is 0.574. The molecule has 52 heavy (non-hydrogen) atoms. The van der Waals surface area contributed by atoms with Crippen molar-refractivity contribution < 1.29 is 8.83 Å². The third kappa shape index (κ3) is 4.39. The van der Waals surface area contributed by atoms with E-state index in [0.29, 0.717) is 17.5 Å². The van der Waals surface area contributed by atoms with E-state index in [1.54, 1.807) is 0 Å². The monoisotopic (exact) mass is 665 g/mol. The molecule has 0 amide bonds. The number of benzene rings is 8. The van der Waals surface area contributed by atoms with Gasteiger partial charge in [0.2, 0.25) is 0 Å². The van der Waals surface area contributed by atoms with Crippen molar-refractivity contribution in [1.82, 2.24) is 15.0 Å². The molecule has 0 radical (unpaired) electrons. The molecule has 0 fully saturated rings. The van der Waals surface area contributed by atoms with Crippen LogP contribution in [0.25, 0.3) is 111 Å². The van der Waals surface area contributed by atoms with Crippen molar-refractivity contribution in [3.05, 3.63) is 164 Å². The van der Waals surface area contributed by atoms with Gasteiger partial charge in [-0.1, -0.05) is 121 Å². The quantitative estimate of drug-likeness (QED) is 0.175. The van der Waals surface area contributed by atoms with Gasteiger partial charge in [-0.2, -0.15) is 0 Å². The summed E-state index contributed by atoms with van der Waals surface area (Å²) in [6.07, 6.45) is 0. The lowest BCUT2D eigenvalue weighted by Crippen LogP contribution is -2.02. The maximum absolute atomic E-state index is 6.47. The maximum atomic E-state index is 6.47. The molecule has 0 atom stereocenters. The second-order valence-corrected chi connectivity index (χ2v) is 13.1. The maximum Gasteiger partial charge on any atom is 0.165 e. The standard InChI is InChI=1S/C47H27N3O2/c1-2-12-28(13-3-1)45-48-46(38-27-29-14-4-5-15-31(29)33-16-6-7-17-34(33)38)50-47(49-45)44-32(23-25-42-43(44)36-19-9-11-21-40(36)52-42)30-22-24-41-37(26-30)35-18-8-10-20-39(35)51-41/h1-27H. The van der Waals surface area contributed by atoms with Gasteiger partial charge in [0.1, 0.15) is 22.3 Å². The molecule has 0 N–H and O–H groups in total. The van der Waals surface area contributed by atoms with E-state index in [4.69, 9.17) is 23.8 Å². The van der Waals surface area contributed by atoms with Crippen LogP contribution in [-0.2, 0) is 0 Å². The zero-order valence-corrected chi connectivity index (χ0v) is 27.7. The van der Waals surface area contributed by atoms with Gasteiger partial charge in [0.15, 0.2) is 17.5 Å². The Labute approximate surface area is 297 Å². The number of nitrogens with zero attached hydrogens (tertiary/aromatic N) is 3. The largest absolute Gasteiger partial charge is 0.456 e. The summed E-state index contributed by atoms with van der Waals surface area (Å²) in [5.74, 6) is 1.79. The average molecular weight is 666 g/mol. The van der Waals surface area contributed by atoms with Crippen molar-refractivity contribution >= 4 is 65.4 Å². The molecule has 0 unspecified atom stereocenters. The molecule has 0 spiro atoms. The molecule has 0 aliphatic heterocycles. The molecule has 0 saturated heterocycles. The molecule has 242 valence electrons. The topological polar surface area (TPSA) is 65.0 Å². The van der Waals surface area contributed by atoms with Crippen molar-refractivity contribution in [3.8, 4) is 45.3 Å². The third-order valence-electron chi connectivity index (χ3n) is 10.1. The van der Waals surface area contributed by atoms with Crippen LogP contribution in [0.5, 0.6) is 0 Å². The normalized spacial score (nSPS) is 11.8. The first-order valence-corrected chi connectivity index (χ1v) is 17.4.